The molecule has 1 aromatic carbocycles. The first-order valence-electron chi connectivity index (χ1n) is 6.69. The summed E-state index contributed by atoms with van der Waals surface area (Å²) in [5, 5.41) is 11.5. The highest BCUT2D eigenvalue weighted by Gasteiger charge is 2.29. The number of hydrogen-bond acceptors (Lipinski definition) is 3. The number of thioether (sulfide) groups is 1. The molecule has 1 aliphatic rings. The van der Waals surface area contributed by atoms with Crippen molar-refractivity contribution >= 4 is 23.5 Å². The van der Waals surface area contributed by atoms with Gasteiger partial charge in [0.1, 0.15) is 0 Å². The molecule has 1 aliphatic heterocycles. The number of nitrogens with one attached hydrogen (secondary N) is 1. The topological polar surface area (TPSA) is 56.1 Å². The van der Waals surface area contributed by atoms with Crippen LogP contribution in [0.1, 0.15) is 12.8 Å². The second-order valence-electron chi connectivity index (χ2n) is 4.92. The Morgan fingerprint density at radius 1 is 1.45 bits per heavy atom. The standard InChI is InChI=1S/C14H14F3N3OS/c15-14(16,17)22-12-5-1-4-11(7-12)19-13(21)20-6-2-3-10(8-18)9-20/h1,4-5,7,10H,2-3,6,9H2,(H,19,21)/t10-/m0/s1. The summed E-state index contributed by atoms with van der Waals surface area (Å²) < 4.78 is 37.0. The monoisotopic (exact) mass is 329 g/mol. The Labute approximate surface area is 130 Å². The SMILES string of the molecule is N#C[C@@H]1CCCN(C(=O)Nc2cccc(SC(F)(F)F)c2)C1. The minimum atomic E-state index is -4.37. The van der Waals surface area contributed by atoms with Crippen molar-refractivity contribution in [3.63, 3.8) is 0 Å². The van der Waals surface area contributed by atoms with Gasteiger partial charge in [-0.15, -0.1) is 0 Å². The van der Waals surface area contributed by atoms with Crippen LogP contribution < -0.4 is 5.32 Å². The summed E-state index contributed by atoms with van der Waals surface area (Å²) in [6, 6.07) is 7.34. The Hall–Kier alpha value is -1.88. The fourth-order valence-corrected chi connectivity index (χ4v) is 2.84. The molecule has 2 rings (SSSR count). The quantitative estimate of drug-likeness (QED) is 0.832. The number of anilines is 1. The number of halogens is 3. The molecule has 0 spiro atoms. The van der Waals surface area contributed by atoms with Gasteiger partial charge in [0.2, 0.25) is 0 Å². The summed E-state index contributed by atoms with van der Waals surface area (Å²) in [5.41, 5.74) is -4.06. The van der Waals surface area contributed by atoms with Crippen molar-refractivity contribution in [1.29, 1.82) is 5.26 Å². The van der Waals surface area contributed by atoms with Crippen molar-refractivity contribution in [2.45, 2.75) is 23.2 Å². The van der Waals surface area contributed by atoms with Gasteiger partial charge in [-0.1, -0.05) is 6.07 Å². The Morgan fingerprint density at radius 3 is 2.91 bits per heavy atom. The molecule has 0 radical (unpaired) electrons. The summed E-state index contributed by atoms with van der Waals surface area (Å²) in [5.74, 6) is -0.188. The lowest BCUT2D eigenvalue weighted by Crippen LogP contribution is -2.42. The van der Waals surface area contributed by atoms with E-state index in [2.05, 4.69) is 11.4 Å². The van der Waals surface area contributed by atoms with Crippen LogP contribution in [0.5, 0.6) is 0 Å². The molecule has 1 fully saturated rings. The van der Waals surface area contributed by atoms with Gasteiger partial charge in [-0.25, -0.2) is 4.79 Å². The van der Waals surface area contributed by atoms with E-state index in [1.165, 1.54) is 29.2 Å². The highest BCUT2D eigenvalue weighted by atomic mass is 32.2. The first kappa shape index (κ1) is 16.5. The fraction of sp³-hybridized carbons (Fsp3) is 0.429. The highest BCUT2D eigenvalue weighted by Crippen LogP contribution is 2.37. The van der Waals surface area contributed by atoms with Gasteiger partial charge < -0.3 is 10.2 Å². The van der Waals surface area contributed by atoms with E-state index in [9.17, 15) is 18.0 Å². The zero-order chi connectivity index (χ0) is 16.2. The van der Waals surface area contributed by atoms with Crippen molar-refractivity contribution < 1.29 is 18.0 Å². The van der Waals surface area contributed by atoms with E-state index >= 15 is 0 Å². The Bertz CT molecular complexity index is 585. The smallest absolute Gasteiger partial charge is 0.323 e. The lowest BCUT2D eigenvalue weighted by atomic mass is 10.0. The minimum absolute atomic E-state index is 0.0128. The van der Waals surface area contributed by atoms with Crippen LogP contribution in [0.25, 0.3) is 0 Å². The molecule has 118 valence electrons. The molecular formula is C14H14F3N3OS. The average molecular weight is 329 g/mol. The van der Waals surface area contributed by atoms with Crippen LogP contribution in [-0.2, 0) is 0 Å². The molecular weight excluding hydrogens is 315 g/mol. The molecule has 1 N–H and O–H groups in total. The third-order valence-corrected chi connectivity index (χ3v) is 3.93. The predicted octanol–water partition coefficient (Wildman–Crippen LogP) is 4.07. The molecule has 8 heteroatoms. The third kappa shape index (κ3) is 4.84. The lowest BCUT2D eigenvalue weighted by molar-refractivity contribution is -0.0328. The summed E-state index contributed by atoms with van der Waals surface area (Å²) in [4.78, 5) is 13.6. The number of alkyl halides is 3. The normalized spacial score (nSPS) is 18.6. The first-order chi connectivity index (χ1) is 10.4. The number of amides is 2. The van der Waals surface area contributed by atoms with E-state index in [0.717, 1.165) is 12.8 Å². The van der Waals surface area contributed by atoms with Crippen molar-refractivity contribution in [2.75, 3.05) is 18.4 Å². The van der Waals surface area contributed by atoms with Crippen molar-refractivity contribution in [3.05, 3.63) is 24.3 Å². The molecule has 1 aromatic rings. The summed E-state index contributed by atoms with van der Waals surface area (Å²) in [6.45, 7) is 0.889. The van der Waals surface area contributed by atoms with Crippen LogP contribution in [0, 0.1) is 17.2 Å². The van der Waals surface area contributed by atoms with E-state index in [4.69, 9.17) is 5.26 Å². The Kier molecular flexibility index (Phi) is 5.19. The van der Waals surface area contributed by atoms with Crippen LogP contribution in [0.4, 0.5) is 23.7 Å². The second-order valence-corrected chi connectivity index (χ2v) is 6.06. The molecule has 0 unspecified atom stereocenters. The lowest BCUT2D eigenvalue weighted by Gasteiger charge is -2.29. The zero-order valence-corrected chi connectivity index (χ0v) is 12.4. The van der Waals surface area contributed by atoms with Gasteiger partial charge in [-0.05, 0) is 42.8 Å². The number of likely N-dealkylation sites (tertiary alicyclic amines) is 1. The molecule has 0 aromatic heterocycles. The molecule has 0 bridgehead atoms. The van der Waals surface area contributed by atoms with Gasteiger partial charge in [-0.2, -0.15) is 18.4 Å². The molecule has 0 saturated carbocycles. The van der Waals surface area contributed by atoms with E-state index in [0.29, 0.717) is 18.8 Å². The molecule has 0 aliphatic carbocycles. The van der Waals surface area contributed by atoms with E-state index in [1.807, 2.05) is 0 Å². The molecule has 4 nitrogen and oxygen atoms in total. The number of benzene rings is 1. The van der Waals surface area contributed by atoms with Gasteiger partial charge in [0.15, 0.2) is 0 Å². The van der Waals surface area contributed by atoms with Gasteiger partial charge in [0.05, 0.1) is 12.0 Å². The average Bonchev–Trinajstić information content (AvgIpc) is 2.46. The first-order valence-corrected chi connectivity index (χ1v) is 7.50. The van der Waals surface area contributed by atoms with Gasteiger partial charge >= 0.3 is 11.5 Å². The maximum Gasteiger partial charge on any atom is 0.446 e. The maximum absolute atomic E-state index is 12.3. The largest absolute Gasteiger partial charge is 0.446 e. The third-order valence-electron chi connectivity index (χ3n) is 3.21. The molecule has 1 atom stereocenters. The van der Waals surface area contributed by atoms with Crippen LogP contribution in [0.2, 0.25) is 0 Å². The van der Waals surface area contributed by atoms with Crippen LogP contribution in [-0.4, -0.2) is 29.5 Å². The van der Waals surface area contributed by atoms with Gasteiger partial charge in [0.25, 0.3) is 0 Å². The fourth-order valence-electron chi connectivity index (χ4n) is 2.24. The number of rotatable bonds is 2. The van der Waals surface area contributed by atoms with E-state index in [-0.39, 0.29) is 22.6 Å². The molecule has 1 saturated heterocycles. The van der Waals surface area contributed by atoms with Crippen LogP contribution >= 0.6 is 11.8 Å². The summed E-state index contributed by atoms with van der Waals surface area (Å²) in [7, 11) is 0. The number of hydrogen-bond donors (Lipinski definition) is 1. The predicted molar refractivity (Wildman–Crippen MR) is 77.3 cm³/mol. The number of carbonyl (C=O) groups excluding carboxylic acids is 1. The number of carbonyl (C=O) groups is 1. The number of piperidine rings is 1. The Balaban J connectivity index is 2.00. The Morgan fingerprint density at radius 2 is 2.23 bits per heavy atom. The summed E-state index contributed by atoms with van der Waals surface area (Å²) in [6.07, 6.45) is 1.51. The zero-order valence-electron chi connectivity index (χ0n) is 11.6. The van der Waals surface area contributed by atoms with E-state index < -0.39 is 11.5 Å². The van der Waals surface area contributed by atoms with Crippen molar-refractivity contribution in [1.82, 2.24) is 4.90 Å². The van der Waals surface area contributed by atoms with Crippen molar-refractivity contribution in [3.8, 4) is 6.07 Å². The number of nitriles is 1. The minimum Gasteiger partial charge on any atom is -0.323 e. The maximum atomic E-state index is 12.3. The van der Waals surface area contributed by atoms with Gasteiger partial charge in [-0.3, -0.25) is 0 Å². The molecule has 1 heterocycles. The molecule has 22 heavy (non-hydrogen) atoms. The van der Waals surface area contributed by atoms with Gasteiger partial charge in [0, 0.05) is 23.7 Å². The summed E-state index contributed by atoms with van der Waals surface area (Å²) >= 11 is -0.226. The highest BCUT2D eigenvalue weighted by molar-refractivity contribution is 8.00. The van der Waals surface area contributed by atoms with Crippen LogP contribution in [0.15, 0.2) is 29.2 Å². The second kappa shape index (κ2) is 6.92. The van der Waals surface area contributed by atoms with E-state index in [1.54, 1.807) is 0 Å². The van der Waals surface area contributed by atoms with Crippen molar-refractivity contribution in [2.24, 2.45) is 5.92 Å². The number of urea groups is 1. The molecule has 2 amide bonds. The van der Waals surface area contributed by atoms with Crippen LogP contribution in [0.3, 0.4) is 0 Å². The number of nitrogens with zero attached hydrogens (tertiary/aromatic N) is 2.